The average Bonchev–Trinajstić information content (AvgIpc) is 2.67. The molecular formula is C25H26NO3-. The van der Waals surface area contributed by atoms with Crippen molar-refractivity contribution in [3.8, 4) is 0 Å². The summed E-state index contributed by atoms with van der Waals surface area (Å²) in [5.41, 5.74) is 3.02. The van der Waals surface area contributed by atoms with Gasteiger partial charge in [-0.2, -0.15) is 0 Å². The maximum Gasteiger partial charge on any atom is 0.230 e. The number of hydrogen-bond donors (Lipinski definition) is 1. The first-order valence-corrected chi connectivity index (χ1v) is 10.6. The minimum absolute atomic E-state index is 0.0542. The fourth-order valence-electron chi connectivity index (χ4n) is 6.76. The predicted octanol–water partition coefficient (Wildman–Crippen LogP) is 3.84. The van der Waals surface area contributed by atoms with Crippen LogP contribution in [0.2, 0.25) is 0 Å². The highest BCUT2D eigenvalue weighted by Crippen LogP contribution is 2.66. The first kappa shape index (κ1) is 18.4. The normalized spacial score (nSPS) is 32.2. The number of benzene rings is 2. The summed E-state index contributed by atoms with van der Waals surface area (Å²) in [6, 6.07) is 15.3. The molecule has 29 heavy (non-hydrogen) atoms. The molecule has 0 saturated heterocycles. The summed E-state index contributed by atoms with van der Waals surface area (Å²) in [7, 11) is 0. The standard InChI is InChI=1S/C25H27NO3/c1-16-5-7-20(8-6-16)24-11-17-9-18(12-24)14-25(13-17,15-24)23(29)26-21-4-2-3-19(10-21)22(27)28/h2-8,10,17-18H,9,11-15H2,1H3,(H,26,29)(H,27,28)/p-1. The fourth-order valence-corrected chi connectivity index (χ4v) is 6.76. The zero-order valence-electron chi connectivity index (χ0n) is 16.7. The van der Waals surface area contributed by atoms with Crippen LogP contribution in [-0.4, -0.2) is 11.9 Å². The molecule has 4 saturated carbocycles. The van der Waals surface area contributed by atoms with Crippen LogP contribution >= 0.6 is 0 Å². The first-order chi connectivity index (χ1) is 13.9. The summed E-state index contributed by atoms with van der Waals surface area (Å²) in [6.45, 7) is 2.11. The summed E-state index contributed by atoms with van der Waals surface area (Å²) in [5, 5.41) is 14.2. The SMILES string of the molecule is Cc1ccc(C23CC4CC(CC(C(=O)Nc5cccc(C(=O)[O-])c5)(C4)C2)C3)cc1. The van der Waals surface area contributed by atoms with Crippen LogP contribution in [0.25, 0.3) is 0 Å². The maximum atomic E-state index is 13.5. The first-order valence-electron chi connectivity index (χ1n) is 10.6. The molecule has 0 aromatic heterocycles. The van der Waals surface area contributed by atoms with Crippen LogP contribution < -0.4 is 10.4 Å². The van der Waals surface area contributed by atoms with Crippen molar-refractivity contribution in [1.82, 2.24) is 0 Å². The molecule has 4 fully saturated rings. The number of carboxylic acids is 1. The zero-order valence-corrected chi connectivity index (χ0v) is 16.7. The van der Waals surface area contributed by atoms with Crippen LogP contribution in [0, 0.1) is 24.2 Å². The number of carbonyl (C=O) groups is 2. The second-order valence-corrected chi connectivity index (χ2v) is 9.71. The minimum atomic E-state index is -1.23. The Morgan fingerprint density at radius 1 is 1.00 bits per heavy atom. The van der Waals surface area contributed by atoms with E-state index in [9.17, 15) is 14.7 Å². The summed E-state index contributed by atoms with van der Waals surface area (Å²) < 4.78 is 0. The van der Waals surface area contributed by atoms with Gasteiger partial charge in [0.05, 0.1) is 11.4 Å². The van der Waals surface area contributed by atoms with Gasteiger partial charge in [0.1, 0.15) is 0 Å². The summed E-state index contributed by atoms with van der Waals surface area (Å²) in [4.78, 5) is 24.7. The van der Waals surface area contributed by atoms with Crippen LogP contribution in [0.15, 0.2) is 48.5 Å². The number of rotatable bonds is 4. The molecule has 0 radical (unpaired) electrons. The molecule has 6 rings (SSSR count). The zero-order chi connectivity index (χ0) is 20.2. The Morgan fingerprint density at radius 2 is 1.69 bits per heavy atom. The third kappa shape index (κ3) is 3.06. The highest BCUT2D eigenvalue weighted by molar-refractivity contribution is 5.97. The number of anilines is 1. The Hall–Kier alpha value is -2.62. The van der Waals surface area contributed by atoms with Crippen molar-refractivity contribution in [3.05, 3.63) is 65.2 Å². The minimum Gasteiger partial charge on any atom is -0.545 e. The molecule has 150 valence electrons. The highest BCUT2D eigenvalue weighted by atomic mass is 16.4. The second kappa shape index (κ2) is 6.45. The van der Waals surface area contributed by atoms with E-state index in [4.69, 9.17) is 0 Å². The molecule has 2 aromatic rings. The van der Waals surface area contributed by atoms with Crippen molar-refractivity contribution in [2.24, 2.45) is 17.3 Å². The van der Waals surface area contributed by atoms with Gasteiger partial charge in [0.2, 0.25) is 5.91 Å². The lowest BCUT2D eigenvalue weighted by Gasteiger charge is -2.61. The quantitative estimate of drug-likeness (QED) is 0.865. The van der Waals surface area contributed by atoms with Crippen molar-refractivity contribution in [1.29, 1.82) is 0 Å². The molecule has 2 aromatic carbocycles. The molecule has 0 spiro atoms. The van der Waals surface area contributed by atoms with Gasteiger partial charge in [-0.25, -0.2) is 0 Å². The average molecular weight is 388 g/mol. The van der Waals surface area contributed by atoms with Crippen molar-refractivity contribution >= 4 is 17.6 Å². The van der Waals surface area contributed by atoms with Crippen LogP contribution in [-0.2, 0) is 10.2 Å². The van der Waals surface area contributed by atoms with Gasteiger partial charge in [-0.15, -0.1) is 0 Å². The third-order valence-corrected chi connectivity index (χ3v) is 7.56. The van der Waals surface area contributed by atoms with E-state index < -0.39 is 5.97 Å². The summed E-state index contributed by atoms with van der Waals surface area (Å²) >= 11 is 0. The molecule has 2 unspecified atom stereocenters. The van der Waals surface area contributed by atoms with Crippen molar-refractivity contribution in [2.75, 3.05) is 5.32 Å². The smallest absolute Gasteiger partial charge is 0.230 e. The topological polar surface area (TPSA) is 69.2 Å². The second-order valence-electron chi connectivity index (χ2n) is 9.71. The van der Waals surface area contributed by atoms with E-state index in [1.807, 2.05) is 0 Å². The van der Waals surface area contributed by atoms with Gasteiger partial charge < -0.3 is 15.2 Å². The van der Waals surface area contributed by atoms with Gasteiger partial charge >= 0.3 is 0 Å². The molecule has 1 amide bonds. The Balaban J connectivity index is 1.45. The van der Waals surface area contributed by atoms with E-state index in [1.165, 1.54) is 42.5 Å². The number of amides is 1. The van der Waals surface area contributed by atoms with Crippen molar-refractivity contribution in [3.63, 3.8) is 0 Å². The number of hydrogen-bond acceptors (Lipinski definition) is 3. The van der Waals surface area contributed by atoms with Gasteiger partial charge in [0.25, 0.3) is 0 Å². The lowest BCUT2D eigenvalue weighted by atomic mass is 9.42. The molecule has 4 heteroatoms. The Labute approximate surface area is 171 Å². The van der Waals surface area contributed by atoms with Gasteiger partial charge in [-0.1, -0.05) is 42.0 Å². The van der Waals surface area contributed by atoms with Crippen LogP contribution in [0.3, 0.4) is 0 Å². The number of aryl methyl sites for hydroxylation is 1. The van der Waals surface area contributed by atoms with Crippen molar-refractivity contribution < 1.29 is 14.7 Å². The van der Waals surface area contributed by atoms with Crippen LogP contribution in [0.4, 0.5) is 5.69 Å². The molecule has 4 aliphatic rings. The third-order valence-electron chi connectivity index (χ3n) is 7.56. The molecule has 0 heterocycles. The van der Waals surface area contributed by atoms with E-state index in [0.717, 1.165) is 19.3 Å². The van der Waals surface area contributed by atoms with E-state index >= 15 is 0 Å². The number of aromatic carboxylic acids is 1. The fraction of sp³-hybridized carbons (Fsp3) is 0.440. The monoisotopic (exact) mass is 388 g/mol. The van der Waals surface area contributed by atoms with Gasteiger partial charge in [0, 0.05) is 5.69 Å². The number of carbonyl (C=O) groups excluding carboxylic acids is 2. The Kier molecular flexibility index (Phi) is 4.09. The molecular weight excluding hydrogens is 362 g/mol. The number of carboxylic acid groups (broad SMARTS) is 1. The summed E-state index contributed by atoms with van der Waals surface area (Å²) in [6.07, 6.45) is 6.39. The lowest BCUT2D eigenvalue weighted by molar-refractivity contribution is -0.255. The molecule has 4 nitrogen and oxygen atoms in total. The van der Waals surface area contributed by atoms with Crippen molar-refractivity contribution in [2.45, 2.75) is 50.9 Å². The molecule has 0 aliphatic heterocycles. The Morgan fingerprint density at radius 3 is 2.34 bits per heavy atom. The lowest BCUT2D eigenvalue weighted by Crippen LogP contribution is -2.58. The van der Waals surface area contributed by atoms with Crippen LogP contribution in [0.5, 0.6) is 0 Å². The molecule has 4 bridgehead atoms. The largest absolute Gasteiger partial charge is 0.545 e. The van der Waals surface area contributed by atoms with Gasteiger partial charge in [0.15, 0.2) is 0 Å². The van der Waals surface area contributed by atoms with Gasteiger partial charge in [-0.05, 0) is 86.0 Å². The maximum absolute atomic E-state index is 13.5. The summed E-state index contributed by atoms with van der Waals surface area (Å²) in [5.74, 6) is 0.0172. The highest BCUT2D eigenvalue weighted by Gasteiger charge is 2.60. The van der Waals surface area contributed by atoms with E-state index in [2.05, 4.69) is 36.5 Å². The van der Waals surface area contributed by atoms with E-state index in [0.29, 0.717) is 17.5 Å². The van der Waals surface area contributed by atoms with Gasteiger partial charge in [-0.3, -0.25) is 4.79 Å². The van der Waals surface area contributed by atoms with E-state index in [-0.39, 0.29) is 22.3 Å². The molecule has 4 aliphatic carbocycles. The molecule has 1 N–H and O–H groups in total. The van der Waals surface area contributed by atoms with Crippen LogP contribution in [0.1, 0.15) is 60.0 Å². The molecule has 2 atom stereocenters. The van der Waals surface area contributed by atoms with E-state index in [1.54, 1.807) is 12.1 Å². The predicted molar refractivity (Wildman–Crippen MR) is 109 cm³/mol. The Bertz CT molecular complexity index is 964. The number of nitrogens with one attached hydrogen (secondary N) is 1.